The zero-order valence-corrected chi connectivity index (χ0v) is 9.83. The summed E-state index contributed by atoms with van der Waals surface area (Å²) in [4.78, 5) is 15.6. The van der Waals surface area contributed by atoms with Crippen LogP contribution >= 0.6 is 0 Å². The summed E-state index contributed by atoms with van der Waals surface area (Å²) in [6.07, 6.45) is 3.39. The van der Waals surface area contributed by atoms with Gasteiger partial charge in [-0.15, -0.1) is 0 Å². The fraction of sp³-hybridized carbons (Fsp3) is 0.231. The molecule has 0 fully saturated rings. The third kappa shape index (κ3) is 2.20. The molecule has 88 valence electrons. The monoisotopic (exact) mass is 230 g/mol. The lowest BCUT2D eigenvalue weighted by atomic mass is 10.1. The summed E-state index contributed by atoms with van der Waals surface area (Å²) in [6, 6.07) is 9.78. The van der Waals surface area contributed by atoms with Gasteiger partial charge in [0.05, 0.1) is 25.0 Å². The van der Waals surface area contributed by atoms with Gasteiger partial charge in [0.1, 0.15) is 0 Å². The Kier molecular flexibility index (Phi) is 3.23. The van der Waals surface area contributed by atoms with Crippen LogP contribution in [0.3, 0.4) is 0 Å². The van der Waals surface area contributed by atoms with Crippen LogP contribution in [0.5, 0.6) is 0 Å². The Hall–Kier alpha value is -2.10. The maximum absolute atomic E-state index is 11.5. The van der Waals surface area contributed by atoms with Gasteiger partial charge in [-0.05, 0) is 19.1 Å². The molecule has 0 saturated carbocycles. The molecule has 0 N–H and O–H groups in total. The third-order valence-corrected chi connectivity index (χ3v) is 2.70. The van der Waals surface area contributed by atoms with E-state index in [0.29, 0.717) is 0 Å². The molecule has 1 atom stereocenters. The second-order valence-electron chi connectivity index (χ2n) is 3.77. The minimum Gasteiger partial charge on any atom is -0.469 e. The third-order valence-electron chi connectivity index (χ3n) is 2.70. The summed E-state index contributed by atoms with van der Waals surface area (Å²) < 4.78 is 6.64. The van der Waals surface area contributed by atoms with Gasteiger partial charge in [-0.1, -0.05) is 18.2 Å². The maximum atomic E-state index is 11.5. The summed E-state index contributed by atoms with van der Waals surface area (Å²) in [5.74, 6) is -0.592. The Morgan fingerprint density at radius 3 is 2.71 bits per heavy atom. The van der Waals surface area contributed by atoms with E-state index >= 15 is 0 Å². The maximum Gasteiger partial charge on any atom is 0.314 e. The van der Waals surface area contributed by atoms with Gasteiger partial charge in [0.2, 0.25) is 0 Å². The Labute approximate surface area is 99.9 Å². The number of carbonyl (C=O) groups excluding carboxylic acids is 1. The van der Waals surface area contributed by atoms with E-state index in [1.165, 1.54) is 7.11 Å². The molecule has 1 aromatic carbocycles. The van der Waals surface area contributed by atoms with Crippen LogP contribution in [-0.2, 0) is 9.53 Å². The van der Waals surface area contributed by atoms with Gasteiger partial charge in [-0.2, -0.15) is 0 Å². The number of rotatable bonds is 3. The van der Waals surface area contributed by atoms with Crippen LogP contribution < -0.4 is 0 Å². The van der Waals surface area contributed by atoms with Crippen molar-refractivity contribution in [3.8, 4) is 5.69 Å². The number of esters is 1. The molecule has 1 aromatic heterocycles. The van der Waals surface area contributed by atoms with Crippen LogP contribution in [0.25, 0.3) is 5.69 Å². The number of para-hydroxylation sites is 1. The Balaban J connectivity index is 2.39. The molecular formula is C13H14N2O2. The fourth-order valence-corrected chi connectivity index (χ4v) is 1.73. The largest absolute Gasteiger partial charge is 0.469 e. The average Bonchev–Trinajstić information content (AvgIpc) is 2.87. The first kappa shape index (κ1) is 11.4. The highest BCUT2D eigenvalue weighted by atomic mass is 16.5. The number of ether oxygens (including phenoxy) is 1. The number of nitrogens with zero attached hydrogens (tertiary/aromatic N) is 2. The van der Waals surface area contributed by atoms with Crippen molar-refractivity contribution in [2.24, 2.45) is 0 Å². The molecule has 17 heavy (non-hydrogen) atoms. The normalized spacial score (nSPS) is 12.1. The van der Waals surface area contributed by atoms with E-state index in [-0.39, 0.29) is 11.9 Å². The van der Waals surface area contributed by atoms with Gasteiger partial charge in [-0.3, -0.25) is 4.79 Å². The number of methoxy groups -OCH3 is 1. The molecule has 1 heterocycles. The molecule has 0 bridgehead atoms. The van der Waals surface area contributed by atoms with Crippen molar-refractivity contribution in [2.45, 2.75) is 12.8 Å². The van der Waals surface area contributed by atoms with Crippen molar-refractivity contribution in [3.63, 3.8) is 0 Å². The van der Waals surface area contributed by atoms with E-state index in [1.807, 2.05) is 41.8 Å². The van der Waals surface area contributed by atoms with Crippen LogP contribution in [0.4, 0.5) is 0 Å². The van der Waals surface area contributed by atoms with Crippen LogP contribution in [-0.4, -0.2) is 22.6 Å². The molecule has 4 heteroatoms. The first-order valence-electron chi connectivity index (χ1n) is 5.39. The lowest BCUT2D eigenvalue weighted by Crippen LogP contribution is -2.14. The summed E-state index contributed by atoms with van der Waals surface area (Å²) >= 11 is 0. The molecule has 2 aromatic rings. The van der Waals surface area contributed by atoms with Crippen LogP contribution in [0, 0.1) is 0 Å². The Morgan fingerprint density at radius 1 is 1.35 bits per heavy atom. The molecule has 0 radical (unpaired) electrons. The summed E-state index contributed by atoms with van der Waals surface area (Å²) in [5, 5.41) is 0. The lowest BCUT2D eigenvalue weighted by molar-refractivity contribution is -0.142. The highest BCUT2D eigenvalue weighted by molar-refractivity contribution is 5.77. The number of hydrogen-bond donors (Lipinski definition) is 0. The molecule has 0 spiro atoms. The van der Waals surface area contributed by atoms with E-state index in [0.717, 1.165) is 11.4 Å². The van der Waals surface area contributed by atoms with Crippen LogP contribution in [0.15, 0.2) is 42.9 Å². The highest BCUT2D eigenvalue weighted by Crippen LogP contribution is 2.20. The summed E-state index contributed by atoms with van der Waals surface area (Å²) in [6.45, 7) is 1.81. The fourth-order valence-electron chi connectivity index (χ4n) is 1.73. The second kappa shape index (κ2) is 4.82. The highest BCUT2D eigenvalue weighted by Gasteiger charge is 2.20. The molecule has 0 aliphatic carbocycles. The van der Waals surface area contributed by atoms with Gasteiger partial charge in [0, 0.05) is 11.9 Å². The summed E-state index contributed by atoms with van der Waals surface area (Å²) in [5.41, 5.74) is 1.80. The predicted octanol–water partition coefficient (Wildman–Crippen LogP) is 2.15. The molecule has 4 nitrogen and oxygen atoms in total. The van der Waals surface area contributed by atoms with E-state index < -0.39 is 0 Å². The number of imidazole rings is 1. The van der Waals surface area contributed by atoms with E-state index in [4.69, 9.17) is 4.74 Å². The van der Waals surface area contributed by atoms with Crippen LogP contribution in [0.1, 0.15) is 18.5 Å². The quantitative estimate of drug-likeness (QED) is 0.759. The molecular weight excluding hydrogens is 216 g/mol. The number of carbonyl (C=O) groups is 1. The molecule has 0 aliphatic heterocycles. The molecule has 0 aliphatic rings. The first-order chi connectivity index (χ1) is 8.24. The molecule has 0 amide bonds. The molecule has 0 saturated heterocycles. The second-order valence-corrected chi connectivity index (χ2v) is 3.77. The van der Waals surface area contributed by atoms with Crippen molar-refractivity contribution >= 4 is 5.97 Å². The van der Waals surface area contributed by atoms with Crippen molar-refractivity contribution in [1.82, 2.24) is 9.55 Å². The van der Waals surface area contributed by atoms with Gasteiger partial charge >= 0.3 is 5.97 Å². The van der Waals surface area contributed by atoms with Gasteiger partial charge in [-0.25, -0.2) is 4.98 Å². The van der Waals surface area contributed by atoms with Gasteiger partial charge in [0.15, 0.2) is 0 Å². The standard InChI is InChI=1S/C13H14N2O2/c1-10(13(16)17-2)12-8-14-9-15(12)11-6-4-3-5-7-11/h3-10H,1-2H3. The minimum absolute atomic E-state index is 0.261. The van der Waals surface area contributed by atoms with E-state index in [9.17, 15) is 4.79 Å². The Bertz CT molecular complexity index is 505. The SMILES string of the molecule is COC(=O)C(C)c1cncn1-c1ccccc1. The van der Waals surface area contributed by atoms with Crippen LogP contribution in [0.2, 0.25) is 0 Å². The minimum atomic E-state index is -0.331. The van der Waals surface area contributed by atoms with Crippen molar-refractivity contribution in [1.29, 1.82) is 0 Å². The van der Waals surface area contributed by atoms with E-state index in [1.54, 1.807) is 12.5 Å². The van der Waals surface area contributed by atoms with Gasteiger partial charge < -0.3 is 9.30 Å². The number of aromatic nitrogens is 2. The first-order valence-corrected chi connectivity index (χ1v) is 5.39. The Morgan fingerprint density at radius 2 is 2.06 bits per heavy atom. The lowest BCUT2D eigenvalue weighted by Gasteiger charge is -2.12. The zero-order chi connectivity index (χ0) is 12.3. The van der Waals surface area contributed by atoms with Crippen molar-refractivity contribution < 1.29 is 9.53 Å². The average molecular weight is 230 g/mol. The topological polar surface area (TPSA) is 44.1 Å². The molecule has 1 unspecified atom stereocenters. The van der Waals surface area contributed by atoms with Gasteiger partial charge in [0.25, 0.3) is 0 Å². The number of hydrogen-bond acceptors (Lipinski definition) is 3. The smallest absolute Gasteiger partial charge is 0.314 e. The predicted molar refractivity (Wildman–Crippen MR) is 64.0 cm³/mol. The van der Waals surface area contributed by atoms with Crippen molar-refractivity contribution in [3.05, 3.63) is 48.5 Å². The molecule has 2 rings (SSSR count). The van der Waals surface area contributed by atoms with Crippen molar-refractivity contribution in [2.75, 3.05) is 7.11 Å². The van der Waals surface area contributed by atoms with E-state index in [2.05, 4.69) is 4.98 Å². The zero-order valence-electron chi connectivity index (χ0n) is 9.83. The summed E-state index contributed by atoms with van der Waals surface area (Å²) in [7, 11) is 1.39. The number of benzene rings is 1.